The summed E-state index contributed by atoms with van der Waals surface area (Å²) in [7, 11) is 1.63. The third-order valence-corrected chi connectivity index (χ3v) is 7.27. The Morgan fingerprint density at radius 1 is 1.29 bits per heavy atom. The second-order valence-corrected chi connectivity index (χ2v) is 9.11. The number of rotatable bonds is 5. The van der Waals surface area contributed by atoms with Gasteiger partial charge in [0, 0.05) is 13.5 Å². The van der Waals surface area contributed by atoms with Crippen LogP contribution < -0.4 is 10.1 Å². The average molecular weight is 408 g/mol. The van der Waals surface area contributed by atoms with Gasteiger partial charge in [-0.15, -0.1) is 0 Å². The summed E-state index contributed by atoms with van der Waals surface area (Å²) in [6.07, 6.45) is 7.37. The van der Waals surface area contributed by atoms with Crippen LogP contribution in [0.5, 0.6) is 5.75 Å². The lowest BCUT2D eigenvalue weighted by Crippen LogP contribution is -2.18. The van der Waals surface area contributed by atoms with Crippen LogP contribution in [0.2, 0.25) is 5.02 Å². The Morgan fingerprint density at radius 2 is 2.00 bits per heavy atom. The molecule has 1 aromatic rings. The fourth-order valence-electron chi connectivity index (χ4n) is 5.38. The molecule has 4 rings (SSSR count). The molecule has 1 amide bonds. The van der Waals surface area contributed by atoms with Crippen LogP contribution in [0.25, 0.3) is 0 Å². The molecule has 0 saturated heterocycles. The third-order valence-electron chi connectivity index (χ3n) is 6.98. The van der Waals surface area contributed by atoms with E-state index in [1.54, 1.807) is 26.3 Å². The monoisotopic (exact) mass is 407 g/mol. The molecule has 0 radical (unpaired) electrons. The lowest BCUT2D eigenvalue weighted by Gasteiger charge is -2.08. The highest BCUT2D eigenvalue weighted by molar-refractivity contribution is 6.32. The molecule has 3 atom stereocenters. The molecular weight excluding hydrogens is 370 g/mol. The molecule has 0 heterocycles. The van der Waals surface area contributed by atoms with Crippen molar-refractivity contribution in [3.05, 3.63) is 28.8 Å². The molecule has 3 saturated carbocycles. The molecule has 1 aromatic carbocycles. The Bertz CT molecular complexity index is 673. The van der Waals surface area contributed by atoms with Gasteiger partial charge in [0.1, 0.15) is 5.75 Å². The fraction of sp³-hybridized carbons (Fsp3) is 0.708. The van der Waals surface area contributed by atoms with E-state index in [0.29, 0.717) is 30.2 Å². The van der Waals surface area contributed by atoms with Crippen molar-refractivity contribution in [1.29, 1.82) is 0 Å². The van der Waals surface area contributed by atoms with E-state index >= 15 is 0 Å². The van der Waals surface area contributed by atoms with Crippen molar-refractivity contribution in [1.82, 2.24) is 5.32 Å². The normalized spacial score (nSPS) is 27.5. The molecule has 28 heavy (non-hydrogen) atoms. The van der Waals surface area contributed by atoms with Crippen LogP contribution >= 0.6 is 11.6 Å². The van der Waals surface area contributed by atoms with Gasteiger partial charge in [0.05, 0.1) is 11.6 Å². The summed E-state index contributed by atoms with van der Waals surface area (Å²) >= 11 is 5.99. The summed E-state index contributed by atoms with van der Waals surface area (Å²) in [5, 5.41) is 3.17. The highest BCUT2D eigenvalue weighted by atomic mass is 35.5. The highest BCUT2D eigenvalue weighted by Gasteiger charge is 2.82. The predicted octanol–water partition coefficient (Wildman–Crippen LogP) is 6.41. The lowest BCUT2D eigenvalue weighted by molar-refractivity contribution is -0.120. The Labute approximate surface area is 176 Å². The number of amides is 1. The van der Waals surface area contributed by atoms with Gasteiger partial charge in [0.15, 0.2) is 0 Å². The van der Waals surface area contributed by atoms with Crippen LogP contribution in [0, 0.1) is 29.6 Å². The summed E-state index contributed by atoms with van der Waals surface area (Å²) in [6, 6.07) is 5.65. The van der Waals surface area contributed by atoms with Crippen LogP contribution in [0.15, 0.2) is 18.2 Å². The topological polar surface area (TPSA) is 38.3 Å². The van der Waals surface area contributed by atoms with Gasteiger partial charge in [0.25, 0.3) is 0 Å². The minimum atomic E-state index is 0.0265. The Balaban J connectivity index is 0.000000197. The third kappa shape index (κ3) is 4.67. The minimum Gasteiger partial charge on any atom is -0.492 e. The van der Waals surface area contributed by atoms with E-state index in [-0.39, 0.29) is 5.91 Å². The molecule has 158 valence electrons. The van der Waals surface area contributed by atoms with Crippen molar-refractivity contribution in [2.24, 2.45) is 22.7 Å². The van der Waals surface area contributed by atoms with Crippen molar-refractivity contribution in [3.63, 3.8) is 0 Å². The first kappa shape index (κ1) is 23.1. The van der Waals surface area contributed by atoms with Gasteiger partial charge in [-0.05, 0) is 73.0 Å². The maximum atomic E-state index is 10.9. The fourth-order valence-corrected chi connectivity index (χ4v) is 5.67. The number of hydrogen-bond donors (Lipinski definition) is 1. The van der Waals surface area contributed by atoms with Crippen LogP contribution in [-0.4, -0.2) is 19.6 Å². The van der Waals surface area contributed by atoms with Crippen molar-refractivity contribution in [2.45, 2.75) is 73.1 Å². The van der Waals surface area contributed by atoms with E-state index in [9.17, 15) is 4.79 Å². The molecule has 1 N–H and O–H groups in total. The van der Waals surface area contributed by atoms with E-state index in [1.807, 2.05) is 39.0 Å². The molecule has 0 aliphatic heterocycles. The summed E-state index contributed by atoms with van der Waals surface area (Å²) in [4.78, 5) is 10.9. The number of halogens is 1. The highest BCUT2D eigenvalue weighted by Crippen LogP contribution is 2.88. The number of nitrogens with one attached hydrogen (secondary N) is 1. The smallest absolute Gasteiger partial charge is 0.219 e. The van der Waals surface area contributed by atoms with Gasteiger partial charge in [0.2, 0.25) is 5.91 Å². The number of carbonyl (C=O) groups excluding carboxylic acids is 1. The van der Waals surface area contributed by atoms with Gasteiger partial charge in [-0.2, -0.15) is 0 Å². The van der Waals surface area contributed by atoms with E-state index in [4.69, 9.17) is 16.3 Å². The zero-order chi connectivity index (χ0) is 20.9. The summed E-state index contributed by atoms with van der Waals surface area (Å²) in [5.74, 6) is 3.00. The average Bonchev–Trinajstić information content (AvgIpc) is 3.54. The molecule has 4 heteroatoms. The number of aryl methyl sites for hydroxylation is 1. The number of carbonyl (C=O) groups is 1. The van der Waals surface area contributed by atoms with Crippen molar-refractivity contribution >= 4 is 17.5 Å². The van der Waals surface area contributed by atoms with Gasteiger partial charge in [-0.3, -0.25) is 4.79 Å². The van der Waals surface area contributed by atoms with Crippen molar-refractivity contribution in [2.75, 3.05) is 13.7 Å². The van der Waals surface area contributed by atoms with Crippen LogP contribution in [0.4, 0.5) is 0 Å². The first-order valence-corrected chi connectivity index (χ1v) is 11.3. The Hall–Kier alpha value is -1.22. The molecular formula is C24H38ClNO2. The molecule has 0 aromatic heterocycles. The van der Waals surface area contributed by atoms with Crippen LogP contribution in [0.3, 0.4) is 0 Å². The summed E-state index contributed by atoms with van der Waals surface area (Å²) < 4.78 is 5.47. The van der Waals surface area contributed by atoms with Crippen molar-refractivity contribution in [3.8, 4) is 5.75 Å². The summed E-state index contributed by atoms with van der Waals surface area (Å²) in [5.41, 5.74) is 2.77. The summed E-state index contributed by atoms with van der Waals surface area (Å²) in [6.45, 7) is 11.4. The maximum Gasteiger partial charge on any atom is 0.219 e. The SMILES string of the molecule is CC.CC1(C)C2CCCC3CC321.CNC(=O)CCCOc1ccc(C)cc1Cl. The van der Waals surface area contributed by atoms with Gasteiger partial charge < -0.3 is 10.1 Å². The molecule has 3 unspecified atom stereocenters. The minimum absolute atomic E-state index is 0.0265. The maximum absolute atomic E-state index is 10.9. The van der Waals surface area contributed by atoms with Crippen LogP contribution in [-0.2, 0) is 4.79 Å². The predicted molar refractivity (Wildman–Crippen MR) is 118 cm³/mol. The second kappa shape index (κ2) is 9.52. The van der Waals surface area contributed by atoms with E-state index < -0.39 is 0 Å². The Morgan fingerprint density at radius 3 is 2.57 bits per heavy atom. The largest absolute Gasteiger partial charge is 0.492 e. The Kier molecular flexibility index (Phi) is 7.84. The standard InChI is InChI=1S/C12H16ClNO2.C10H16.C2H6/c1-9-5-6-11(10(13)8-9)16-7-3-4-12(15)14-2;1-9(2)8-5-3-4-7-6-10(7,8)9;1-2/h5-6,8H,3-4,7H2,1-2H3,(H,14,15);7-8H,3-6H2,1-2H3;1-2H3. The number of hydrogen-bond acceptors (Lipinski definition) is 2. The van der Waals surface area contributed by atoms with Gasteiger partial charge in [-0.25, -0.2) is 0 Å². The molecule has 3 fully saturated rings. The lowest BCUT2D eigenvalue weighted by atomic mass is 10.0. The van der Waals surface area contributed by atoms with Gasteiger partial charge in [-0.1, -0.05) is 51.8 Å². The van der Waals surface area contributed by atoms with Crippen LogP contribution in [0.1, 0.15) is 71.8 Å². The van der Waals surface area contributed by atoms with E-state index in [0.717, 1.165) is 22.3 Å². The second-order valence-electron chi connectivity index (χ2n) is 8.71. The van der Waals surface area contributed by atoms with Gasteiger partial charge >= 0.3 is 0 Å². The molecule has 3 aliphatic carbocycles. The first-order chi connectivity index (χ1) is 13.3. The quantitative estimate of drug-likeness (QED) is 0.572. The molecule has 3 aliphatic rings. The zero-order valence-electron chi connectivity index (χ0n) is 18.5. The first-order valence-electron chi connectivity index (χ1n) is 10.9. The molecule has 3 nitrogen and oxygen atoms in total. The number of benzene rings is 1. The van der Waals surface area contributed by atoms with E-state index in [1.165, 1.54) is 12.3 Å². The number of ether oxygens (including phenoxy) is 1. The zero-order valence-corrected chi connectivity index (χ0v) is 19.3. The van der Waals surface area contributed by atoms with E-state index in [2.05, 4.69) is 19.2 Å². The molecule has 0 bridgehead atoms. The van der Waals surface area contributed by atoms with Crippen molar-refractivity contribution < 1.29 is 9.53 Å². The molecule has 1 spiro atoms.